The molecule has 5 nitrogen and oxygen atoms in total. The lowest BCUT2D eigenvalue weighted by atomic mass is 10.1. The molecule has 0 atom stereocenters. The summed E-state index contributed by atoms with van der Waals surface area (Å²) < 4.78 is 1.95. The largest absolute Gasteiger partial charge is 0.349 e. The van der Waals surface area contributed by atoms with Gasteiger partial charge in [-0.3, -0.25) is 4.79 Å². The Morgan fingerprint density at radius 2 is 2.10 bits per heavy atom. The Labute approximate surface area is 130 Å². The molecule has 20 heavy (non-hydrogen) atoms. The van der Waals surface area contributed by atoms with Gasteiger partial charge in [-0.2, -0.15) is 0 Å². The van der Waals surface area contributed by atoms with Crippen LogP contribution in [0.4, 0.5) is 0 Å². The van der Waals surface area contributed by atoms with Gasteiger partial charge in [-0.25, -0.2) is 4.98 Å². The molecule has 0 bridgehead atoms. The number of hydrogen-bond acceptors (Lipinski definition) is 3. The molecular weight excluding hydrogens is 299 g/mol. The number of hydrogen-bond donors (Lipinski definition) is 2. The van der Waals surface area contributed by atoms with Gasteiger partial charge in [0.2, 0.25) is 5.91 Å². The van der Waals surface area contributed by atoms with E-state index in [4.69, 9.17) is 5.73 Å². The summed E-state index contributed by atoms with van der Waals surface area (Å²) in [6.07, 6.45) is 3.85. The SMILES string of the molecule is Cc1cccn2cc(CNC(=O)C(C)(C)N)nc12.Cl.Cl. The first kappa shape index (κ1) is 18.7. The third-order valence-electron chi connectivity index (χ3n) is 2.74. The summed E-state index contributed by atoms with van der Waals surface area (Å²) in [6.45, 7) is 5.75. The van der Waals surface area contributed by atoms with Crippen molar-refractivity contribution in [2.45, 2.75) is 32.9 Å². The highest BCUT2D eigenvalue weighted by atomic mass is 35.5. The third-order valence-corrected chi connectivity index (χ3v) is 2.74. The number of aryl methyl sites for hydroxylation is 1. The Hall–Kier alpha value is -1.30. The van der Waals surface area contributed by atoms with Crippen LogP contribution in [0.15, 0.2) is 24.5 Å². The lowest BCUT2D eigenvalue weighted by Crippen LogP contribution is -2.48. The van der Waals surface area contributed by atoms with Gasteiger partial charge < -0.3 is 15.5 Å². The Kier molecular flexibility index (Phi) is 6.47. The molecule has 2 rings (SSSR count). The normalized spacial score (nSPS) is 10.6. The molecule has 0 aliphatic heterocycles. The maximum atomic E-state index is 11.6. The first-order chi connectivity index (χ1) is 8.38. The van der Waals surface area contributed by atoms with Crippen LogP contribution in [0.25, 0.3) is 5.65 Å². The average Bonchev–Trinajstić information content (AvgIpc) is 2.69. The summed E-state index contributed by atoms with van der Waals surface area (Å²) in [5.74, 6) is -0.184. The molecule has 0 radical (unpaired) electrons. The van der Waals surface area contributed by atoms with Gasteiger partial charge in [0.25, 0.3) is 0 Å². The van der Waals surface area contributed by atoms with Gasteiger partial charge in [0, 0.05) is 12.4 Å². The molecule has 0 spiro atoms. The summed E-state index contributed by atoms with van der Waals surface area (Å²) >= 11 is 0. The number of carbonyl (C=O) groups excluding carboxylic acids is 1. The molecular formula is C13H20Cl2N4O. The molecule has 0 aromatic carbocycles. The molecule has 112 valence electrons. The minimum absolute atomic E-state index is 0. The van der Waals surface area contributed by atoms with Crippen molar-refractivity contribution in [3.63, 3.8) is 0 Å². The highest BCUT2D eigenvalue weighted by Gasteiger charge is 2.21. The summed E-state index contributed by atoms with van der Waals surface area (Å²) in [5, 5.41) is 2.78. The smallest absolute Gasteiger partial charge is 0.239 e. The number of fused-ring (bicyclic) bond motifs is 1. The van der Waals surface area contributed by atoms with Crippen molar-refractivity contribution in [1.29, 1.82) is 0 Å². The zero-order chi connectivity index (χ0) is 13.3. The van der Waals surface area contributed by atoms with Gasteiger partial charge in [-0.15, -0.1) is 24.8 Å². The monoisotopic (exact) mass is 318 g/mol. The fraction of sp³-hybridized carbons (Fsp3) is 0.385. The number of amides is 1. The summed E-state index contributed by atoms with van der Waals surface area (Å²) in [4.78, 5) is 16.1. The Balaban J connectivity index is 0.00000180. The number of carbonyl (C=O) groups is 1. The van der Waals surface area contributed by atoms with E-state index >= 15 is 0 Å². The Morgan fingerprint density at radius 1 is 1.45 bits per heavy atom. The summed E-state index contributed by atoms with van der Waals surface area (Å²) in [6, 6.07) is 3.98. The fourth-order valence-corrected chi connectivity index (χ4v) is 1.69. The topological polar surface area (TPSA) is 72.4 Å². The number of aromatic nitrogens is 2. The maximum absolute atomic E-state index is 11.6. The first-order valence-electron chi connectivity index (χ1n) is 5.88. The van der Waals surface area contributed by atoms with E-state index in [2.05, 4.69) is 10.3 Å². The molecule has 2 aromatic rings. The van der Waals surface area contributed by atoms with E-state index in [1.165, 1.54) is 0 Å². The van der Waals surface area contributed by atoms with E-state index in [1.807, 2.05) is 35.9 Å². The number of nitrogens with zero attached hydrogens (tertiary/aromatic N) is 2. The van der Waals surface area contributed by atoms with Crippen LogP contribution in [0.5, 0.6) is 0 Å². The molecule has 7 heteroatoms. The predicted octanol–water partition coefficient (Wildman–Crippen LogP) is 1.84. The summed E-state index contributed by atoms with van der Waals surface area (Å²) in [5.41, 5.74) is 7.68. The van der Waals surface area contributed by atoms with Crippen molar-refractivity contribution >= 4 is 36.4 Å². The zero-order valence-corrected chi connectivity index (χ0v) is 13.3. The molecule has 0 saturated heterocycles. The zero-order valence-electron chi connectivity index (χ0n) is 11.7. The number of pyridine rings is 1. The maximum Gasteiger partial charge on any atom is 0.239 e. The molecule has 0 aliphatic rings. The molecule has 0 saturated carbocycles. The van der Waals surface area contributed by atoms with Gasteiger partial charge in [-0.1, -0.05) is 6.07 Å². The van der Waals surface area contributed by atoms with Crippen molar-refractivity contribution in [3.8, 4) is 0 Å². The molecule has 0 fully saturated rings. The van der Waals surface area contributed by atoms with E-state index in [1.54, 1.807) is 13.8 Å². The number of halogens is 2. The van der Waals surface area contributed by atoms with Crippen LogP contribution in [-0.4, -0.2) is 20.8 Å². The lowest BCUT2D eigenvalue weighted by Gasteiger charge is -2.16. The molecule has 0 unspecified atom stereocenters. The van der Waals surface area contributed by atoms with Crippen molar-refractivity contribution in [1.82, 2.24) is 14.7 Å². The van der Waals surface area contributed by atoms with Crippen LogP contribution in [0, 0.1) is 6.92 Å². The average molecular weight is 319 g/mol. The first-order valence-corrected chi connectivity index (χ1v) is 5.88. The Bertz CT molecular complexity index is 590. The van der Waals surface area contributed by atoms with Crippen molar-refractivity contribution in [2.75, 3.05) is 0 Å². The van der Waals surface area contributed by atoms with E-state index in [0.717, 1.165) is 16.9 Å². The van der Waals surface area contributed by atoms with E-state index in [-0.39, 0.29) is 30.7 Å². The molecule has 3 N–H and O–H groups in total. The van der Waals surface area contributed by atoms with Crippen LogP contribution in [-0.2, 0) is 11.3 Å². The summed E-state index contributed by atoms with van der Waals surface area (Å²) in [7, 11) is 0. The number of rotatable bonds is 3. The third kappa shape index (κ3) is 4.10. The molecule has 0 aliphatic carbocycles. The predicted molar refractivity (Wildman–Crippen MR) is 84.5 cm³/mol. The van der Waals surface area contributed by atoms with Gasteiger partial charge >= 0.3 is 0 Å². The van der Waals surface area contributed by atoms with Gasteiger partial charge in [0.05, 0.1) is 17.8 Å². The van der Waals surface area contributed by atoms with Crippen molar-refractivity contribution in [2.24, 2.45) is 5.73 Å². The molecule has 1 amide bonds. The Morgan fingerprint density at radius 3 is 2.65 bits per heavy atom. The number of imidazole rings is 1. The standard InChI is InChI=1S/C13H18N4O.2ClH/c1-9-5-4-6-17-8-10(16-11(9)17)7-15-12(18)13(2,3)14;;/h4-6,8H,7,14H2,1-3H3,(H,15,18);2*1H. The number of nitrogens with two attached hydrogens (primary N) is 1. The van der Waals surface area contributed by atoms with Gasteiger partial charge in [0.15, 0.2) is 0 Å². The highest BCUT2D eigenvalue weighted by molar-refractivity contribution is 5.85. The van der Waals surface area contributed by atoms with E-state index in [9.17, 15) is 4.79 Å². The van der Waals surface area contributed by atoms with E-state index < -0.39 is 5.54 Å². The van der Waals surface area contributed by atoms with Crippen LogP contribution in [0.1, 0.15) is 25.1 Å². The molecule has 2 aromatic heterocycles. The van der Waals surface area contributed by atoms with Crippen molar-refractivity contribution < 1.29 is 4.79 Å². The van der Waals surface area contributed by atoms with Gasteiger partial charge in [-0.05, 0) is 32.4 Å². The van der Waals surface area contributed by atoms with Crippen LogP contribution >= 0.6 is 24.8 Å². The van der Waals surface area contributed by atoms with Crippen molar-refractivity contribution in [3.05, 3.63) is 35.8 Å². The lowest BCUT2D eigenvalue weighted by molar-refractivity contribution is -0.125. The second kappa shape index (κ2) is 6.92. The second-order valence-electron chi connectivity index (χ2n) is 5.06. The number of nitrogens with one attached hydrogen (secondary N) is 1. The van der Waals surface area contributed by atoms with Crippen LogP contribution < -0.4 is 11.1 Å². The van der Waals surface area contributed by atoms with Crippen LogP contribution in [0.2, 0.25) is 0 Å². The minimum atomic E-state index is -0.866. The fourth-order valence-electron chi connectivity index (χ4n) is 1.69. The molecule has 2 heterocycles. The van der Waals surface area contributed by atoms with E-state index in [0.29, 0.717) is 6.54 Å². The quantitative estimate of drug-likeness (QED) is 0.907. The highest BCUT2D eigenvalue weighted by Crippen LogP contribution is 2.09. The minimum Gasteiger partial charge on any atom is -0.349 e. The van der Waals surface area contributed by atoms with Crippen LogP contribution in [0.3, 0.4) is 0 Å². The second-order valence-corrected chi connectivity index (χ2v) is 5.06. The van der Waals surface area contributed by atoms with Gasteiger partial charge in [0.1, 0.15) is 5.65 Å².